The van der Waals surface area contributed by atoms with Crippen LogP contribution in [0.25, 0.3) is 32.3 Å². The highest BCUT2D eigenvalue weighted by atomic mass is 15.2. The van der Waals surface area contributed by atoms with Crippen LogP contribution in [0.15, 0.2) is 66.7 Å². The smallest absolute Gasteiger partial charge is 0.0392 e. The number of rotatable bonds is 4. The Hall–Kier alpha value is -2.42. The summed E-state index contributed by atoms with van der Waals surface area (Å²) in [6, 6.07) is 20.9. The van der Waals surface area contributed by atoms with Crippen LogP contribution in [0.5, 0.6) is 0 Å². The van der Waals surface area contributed by atoms with Gasteiger partial charge in [-0.15, -0.1) is 6.58 Å². The van der Waals surface area contributed by atoms with Crippen molar-refractivity contribution in [3.05, 3.63) is 72.3 Å². The number of benzene rings is 4. The van der Waals surface area contributed by atoms with Crippen molar-refractivity contribution in [2.75, 3.05) is 26.2 Å². The molecule has 4 aromatic carbocycles. The van der Waals surface area contributed by atoms with E-state index in [1.54, 1.807) is 0 Å². The second kappa shape index (κ2) is 6.63. The van der Waals surface area contributed by atoms with Crippen molar-refractivity contribution in [2.24, 2.45) is 0 Å². The fourth-order valence-electron chi connectivity index (χ4n) is 4.81. The predicted octanol–water partition coefficient (Wildman–Crippen LogP) is 5.50. The molecule has 0 spiro atoms. The largest absolute Gasteiger partial charge is 0.314 e. The van der Waals surface area contributed by atoms with Crippen LogP contribution in [0, 0.1) is 0 Å². The van der Waals surface area contributed by atoms with Gasteiger partial charge >= 0.3 is 0 Å². The molecule has 1 N–H and O–H groups in total. The molecular formula is C25H26N2. The summed E-state index contributed by atoms with van der Waals surface area (Å²) < 4.78 is 0. The summed E-state index contributed by atoms with van der Waals surface area (Å²) in [7, 11) is 0. The van der Waals surface area contributed by atoms with Crippen molar-refractivity contribution < 1.29 is 0 Å². The molecule has 0 saturated carbocycles. The van der Waals surface area contributed by atoms with Gasteiger partial charge in [0.15, 0.2) is 0 Å². The van der Waals surface area contributed by atoms with Crippen LogP contribution >= 0.6 is 0 Å². The van der Waals surface area contributed by atoms with Crippen molar-refractivity contribution in [1.29, 1.82) is 0 Å². The van der Waals surface area contributed by atoms with E-state index in [-0.39, 0.29) is 0 Å². The third kappa shape index (κ3) is 2.80. The van der Waals surface area contributed by atoms with Crippen molar-refractivity contribution in [2.45, 2.75) is 19.4 Å². The van der Waals surface area contributed by atoms with Gasteiger partial charge in [-0.25, -0.2) is 0 Å². The third-order valence-corrected chi connectivity index (χ3v) is 6.06. The second-order valence-corrected chi connectivity index (χ2v) is 7.97. The van der Waals surface area contributed by atoms with E-state index in [2.05, 4.69) is 78.3 Å². The predicted molar refractivity (Wildman–Crippen MR) is 117 cm³/mol. The molecule has 1 aliphatic rings. The second-order valence-electron chi connectivity index (χ2n) is 7.97. The Kier molecular flexibility index (Phi) is 4.11. The van der Waals surface area contributed by atoms with E-state index in [4.69, 9.17) is 0 Å². The number of hydrogen-bond acceptors (Lipinski definition) is 2. The first-order valence-corrected chi connectivity index (χ1v) is 9.98. The molecule has 1 atom stereocenters. The molecule has 0 amide bonds. The van der Waals surface area contributed by atoms with Gasteiger partial charge in [0.1, 0.15) is 0 Å². The van der Waals surface area contributed by atoms with Gasteiger partial charge in [0.2, 0.25) is 0 Å². The monoisotopic (exact) mass is 354 g/mol. The quantitative estimate of drug-likeness (QED) is 0.385. The van der Waals surface area contributed by atoms with Gasteiger partial charge in [-0.1, -0.05) is 60.2 Å². The molecule has 0 aromatic heterocycles. The molecule has 1 aliphatic heterocycles. The van der Waals surface area contributed by atoms with Gasteiger partial charge in [-0.05, 0) is 51.2 Å². The highest BCUT2D eigenvalue weighted by molar-refractivity contribution is 6.23. The zero-order valence-electron chi connectivity index (χ0n) is 16.0. The summed E-state index contributed by atoms with van der Waals surface area (Å²) in [6.07, 6.45) is 1.02. The lowest BCUT2D eigenvalue weighted by molar-refractivity contribution is 0.173. The van der Waals surface area contributed by atoms with Crippen molar-refractivity contribution in [3.8, 4) is 0 Å². The first kappa shape index (κ1) is 16.7. The van der Waals surface area contributed by atoms with E-state index in [1.807, 2.05) is 0 Å². The van der Waals surface area contributed by atoms with Crippen LogP contribution in [-0.2, 0) is 0 Å². The minimum atomic E-state index is 0.397. The molecule has 27 heavy (non-hydrogen) atoms. The maximum absolute atomic E-state index is 4.23. The molecule has 5 rings (SSSR count). The topological polar surface area (TPSA) is 15.3 Å². The molecule has 2 heteroatoms. The van der Waals surface area contributed by atoms with Gasteiger partial charge in [-0.2, -0.15) is 0 Å². The van der Waals surface area contributed by atoms with Crippen molar-refractivity contribution in [3.63, 3.8) is 0 Å². The molecular weight excluding hydrogens is 328 g/mol. The number of nitrogens with one attached hydrogen (secondary N) is 1. The minimum Gasteiger partial charge on any atom is -0.314 e. The van der Waals surface area contributed by atoms with Gasteiger partial charge in [0.05, 0.1) is 0 Å². The van der Waals surface area contributed by atoms with Crippen LogP contribution in [-0.4, -0.2) is 31.1 Å². The van der Waals surface area contributed by atoms with E-state index < -0.39 is 0 Å². The maximum Gasteiger partial charge on any atom is 0.0392 e. The average Bonchev–Trinajstić information content (AvgIpc) is 2.71. The molecule has 136 valence electrons. The lowest BCUT2D eigenvalue weighted by atomic mass is 9.88. The molecule has 2 nitrogen and oxygen atoms in total. The fourth-order valence-corrected chi connectivity index (χ4v) is 4.81. The lowest BCUT2D eigenvalue weighted by Crippen LogP contribution is -2.45. The van der Waals surface area contributed by atoms with Crippen LogP contribution in [0.3, 0.4) is 0 Å². The van der Waals surface area contributed by atoms with Crippen molar-refractivity contribution in [1.82, 2.24) is 10.2 Å². The summed E-state index contributed by atoms with van der Waals surface area (Å²) in [4.78, 5) is 2.64. The Morgan fingerprint density at radius 3 is 2.26 bits per heavy atom. The maximum atomic E-state index is 4.23. The summed E-state index contributed by atoms with van der Waals surface area (Å²) >= 11 is 0. The van der Waals surface area contributed by atoms with E-state index >= 15 is 0 Å². The summed E-state index contributed by atoms with van der Waals surface area (Å²) in [6.45, 7) is 10.7. The SMILES string of the molecule is C=C(C)C[C@@H](c1ccc2ccc3cccc4ccc1c2c34)N1CCNCC1. The normalized spacial score (nSPS) is 17.1. The highest BCUT2D eigenvalue weighted by Gasteiger charge is 2.24. The lowest BCUT2D eigenvalue weighted by Gasteiger charge is -2.36. The van der Waals surface area contributed by atoms with Crippen LogP contribution < -0.4 is 5.32 Å². The summed E-state index contributed by atoms with van der Waals surface area (Å²) in [5, 5.41) is 11.7. The van der Waals surface area contributed by atoms with Gasteiger partial charge < -0.3 is 5.32 Å². The molecule has 0 bridgehead atoms. The molecule has 0 aliphatic carbocycles. The van der Waals surface area contributed by atoms with Gasteiger partial charge in [-0.3, -0.25) is 4.90 Å². The van der Waals surface area contributed by atoms with Crippen LogP contribution in [0.2, 0.25) is 0 Å². The van der Waals surface area contributed by atoms with Gasteiger partial charge in [0.25, 0.3) is 0 Å². The van der Waals surface area contributed by atoms with E-state index in [0.29, 0.717) is 6.04 Å². The van der Waals surface area contributed by atoms with Crippen LogP contribution in [0.4, 0.5) is 0 Å². The van der Waals surface area contributed by atoms with Crippen LogP contribution in [0.1, 0.15) is 24.9 Å². The molecule has 0 unspecified atom stereocenters. The van der Waals surface area contributed by atoms with Crippen molar-refractivity contribution >= 4 is 32.3 Å². The van der Waals surface area contributed by atoms with E-state index in [9.17, 15) is 0 Å². The standard InChI is InChI=1S/C25H26N2/c1-17(2)16-23(27-14-12-26-13-15-27)21-10-8-20-7-6-18-4-3-5-19-9-11-22(21)25(20)24(18)19/h3-11,23,26H,1,12-16H2,2H3/t23-/m0/s1. The number of nitrogens with zero attached hydrogens (tertiary/aromatic N) is 1. The van der Waals surface area contributed by atoms with Gasteiger partial charge in [0, 0.05) is 32.2 Å². The van der Waals surface area contributed by atoms with E-state index in [1.165, 1.54) is 43.5 Å². The number of piperazine rings is 1. The number of hydrogen-bond donors (Lipinski definition) is 1. The first-order valence-electron chi connectivity index (χ1n) is 9.98. The average molecular weight is 354 g/mol. The molecule has 1 fully saturated rings. The zero-order valence-corrected chi connectivity index (χ0v) is 16.0. The summed E-state index contributed by atoms with van der Waals surface area (Å²) in [5.74, 6) is 0. The van der Waals surface area contributed by atoms with E-state index in [0.717, 1.165) is 32.6 Å². The molecule has 0 radical (unpaired) electrons. The Balaban J connectivity index is 1.76. The Morgan fingerprint density at radius 2 is 1.56 bits per heavy atom. The Labute approximate surface area is 160 Å². The first-order chi connectivity index (χ1) is 13.2. The molecule has 4 aromatic rings. The molecule has 1 heterocycles. The molecule has 1 saturated heterocycles. The third-order valence-electron chi connectivity index (χ3n) is 6.06. The Morgan fingerprint density at radius 1 is 0.926 bits per heavy atom. The highest BCUT2D eigenvalue weighted by Crippen LogP contribution is 2.40. The zero-order chi connectivity index (χ0) is 18.4. The minimum absolute atomic E-state index is 0.397. The summed E-state index contributed by atoms with van der Waals surface area (Å²) in [5.41, 5.74) is 2.70. The Bertz CT molecular complexity index is 1110. The fraction of sp³-hybridized carbons (Fsp3) is 0.280.